The Hall–Kier alpha value is -2.86. The maximum Gasteiger partial charge on any atom is 0.182 e. The van der Waals surface area contributed by atoms with Gasteiger partial charge in [-0.2, -0.15) is 5.10 Å². The Morgan fingerprint density at radius 3 is 2.26 bits per heavy atom. The number of methoxy groups -OCH3 is 1. The van der Waals surface area contributed by atoms with E-state index in [0.717, 1.165) is 28.4 Å². The molecule has 2 aromatic rings. The van der Waals surface area contributed by atoms with Gasteiger partial charge in [-0.3, -0.25) is 9.59 Å². The minimum atomic E-state index is 0.194. The average molecular weight is 392 g/mol. The van der Waals surface area contributed by atoms with Gasteiger partial charge in [-0.15, -0.1) is 0 Å². The molecule has 0 atom stereocenters. The third-order valence-electron chi connectivity index (χ3n) is 3.25. The van der Waals surface area contributed by atoms with Crippen molar-refractivity contribution in [1.82, 2.24) is 5.43 Å². The summed E-state index contributed by atoms with van der Waals surface area (Å²) < 4.78 is 5.07. The molecule has 146 valence electrons. The van der Waals surface area contributed by atoms with Crippen molar-refractivity contribution in [3.8, 4) is 5.75 Å². The van der Waals surface area contributed by atoms with E-state index in [2.05, 4.69) is 22.8 Å². The summed E-state index contributed by atoms with van der Waals surface area (Å²) in [6.07, 6.45) is 3.15. The van der Waals surface area contributed by atoms with Gasteiger partial charge >= 0.3 is 0 Å². The first kappa shape index (κ1) is 24.1. The molecule has 2 N–H and O–H groups in total. The lowest BCUT2D eigenvalue weighted by molar-refractivity contribution is -0.122. The Balaban J connectivity index is 0.000000428. The van der Waals surface area contributed by atoms with Crippen molar-refractivity contribution in [3.63, 3.8) is 0 Å². The normalized spacial score (nSPS) is 9.22. The van der Waals surface area contributed by atoms with Crippen LogP contribution in [0.3, 0.4) is 0 Å². The molecule has 0 amide bonds. The number of halogens is 1. The number of hydrazone groups is 1. The number of nitrogens with one attached hydrogen (secondary N) is 2. The summed E-state index contributed by atoms with van der Waals surface area (Å²) in [6, 6.07) is 13.6. The molecule has 0 aliphatic rings. The molecule has 0 bridgehead atoms. The molecule has 0 aromatic heterocycles. The largest absolute Gasteiger partial charge is 0.495 e. The first-order valence-electron chi connectivity index (χ1n) is 8.25. The second kappa shape index (κ2) is 15.4. The summed E-state index contributed by atoms with van der Waals surface area (Å²) >= 11 is 5.87. The molecule has 0 saturated heterocycles. The third kappa shape index (κ3) is 10.0. The van der Waals surface area contributed by atoms with Crippen LogP contribution in [0.25, 0.3) is 0 Å². The topological polar surface area (TPSA) is 79.8 Å². The minimum Gasteiger partial charge on any atom is -0.495 e. The lowest BCUT2D eigenvalue weighted by atomic mass is 10.1. The van der Waals surface area contributed by atoms with Crippen LogP contribution in [0.4, 0.5) is 5.69 Å². The van der Waals surface area contributed by atoms with Crippen LogP contribution < -0.4 is 15.5 Å². The lowest BCUT2D eigenvalue weighted by Crippen LogP contribution is -1.97. The molecule has 0 aliphatic carbocycles. The number of benzene rings is 2. The van der Waals surface area contributed by atoms with Gasteiger partial charge in [0.1, 0.15) is 5.75 Å². The Morgan fingerprint density at radius 2 is 1.78 bits per heavy atom. The summed E-state index contributed by atoms with van der Waals surface area (Å²) in [6.45, 7) is 2.10. The molecule has 6 nitrogen and oxygen atoms in total. The molecule has 0 saturated carbocycles. The minimum absolute atomic E-state index is 0.194. The Bertz CT molecular complexity index is 692. The van der Waals surface area contributed by atoms with Gasteiger partial charge in [0, 0.05) is 19.1 Å². The summed E-state index contributed by atoms with van der Waals surface area (Å²) in [7, 11) is 5.31. The third-order valence-corrected chi connectivity index (χ3v) is 3.49. The van der Waals surface area contributed by atoms with E-state index in [0.29, 0.717) is 0 Å². The summed E-state index contributed by atoms with van der Waals surface area (Å²) in [5.41, 5.74) is 6.06. The summed E-state index contributed by atoms with van der Waals surface area (Å²) in [4.78, 5) is 17.6. The van der Waals surface area contributed by atoms with E-state index < -0.39 is 0 Å². The van der Waals surface area contributed by atoms with E-state index in [1.807, 2.05) is 49.5 Å². The van der Waals surface area contributed by atoms with E-state index in [1.165, 1.54) is 5.56 Å². The van der Waals surface area contributed by atoms with Gasteiger partial charge in [0.15, 0.2) is 12.6 Å². The van der Waals surface area contributed by atoms with Crippen LogP contribution in [-0.2, 0) is 16.0 Å². The molecular weight excluding hydrogens is 366 g/mol. The second-order valence-corrected chi connectivity index (χ2v) is 5.34. The lowest BCUT2D eigenvalue weighted by Gasteiger charge is -2.05. The second-order valence-electron chi connectivity index (χ2n) is 4.90. The van der Waals surface area contributed by atoms with Gasteiger partial charge in [-0.25, -0.2) is 0 Å². The van der Waals surface area contributed by atoms with E-state index in [9.17, 15) is 0 Å². The van der Waals surface area contributed by atoms with Crippen molar-refractivity contribution in [2.75, 3.05) is 26.5 Å². The molecule has 0 spiro atoms. The number of rotatable bonds is 6. The highest BCUT2D eigenvalue weighted by Gasteiger charge is 1.98. The first-order valence-corrected chi connectivity index (χ1v) is 8.63. The zero-order valence-electron chi connectivity index (χ0n) is 16.0. The fourth-order valence-corrected chi connectivity index (χ4v) is 2.19. The molecule has 7 heteroatoms. The summed E-state index contributed by atoms with van der Waals surface area (Å²) in [5, 5.41) is 7.76. The van der Waals surface area contributed by atoms with Gasteiger partial charge < -0.3 is 15.5 Å². The quantitative estimate of drug-likeness (QED) is 0.340. The number of hydrogen-bond donors (Lipinski definition) is 2. The number of nitrogens with zero attached hydrogens (tertiary/aromatic N) is 1. The first-order chi connectivity index (χ1) is 13.1. The van der Waals surface area contributed by atoms with Crippen molar-refractivity contribution in [2.24, 2.45) is 5.10 Å². The van der Waals surface area contributed by atoms with Crippen LogP contribution in [0.5, 0.6) is 5.75 Å². The van der Waals surface area contributed by atoms with E-state index in [4.69, 9.17) is 25.9 Å². The number of aldehydes is 2. The van der Waals surface area contributed by atoms with Crippen LogP contribution in [0.1, 0.15) is 18.1 Å². The predicted molar refractivity (Wildman–Crippen MR) is 112 cm³/mol. The molecule has 2 rings (SSSR count). The van der Waals surface area contributed by atoms with E-state index in [-0.39, 0.29) is 12.6 Å². The summed E-state index contributed by atoms with van der Waals surface area (Å²) in [5.74, 6) is 0.880. The Labute approximate surface area is 165 Å². The van der Waals surface area contributed by atoms with Crippen LogP contribution in [0.2, 0.25) is 5.02 Å². The Morgan fingerprint density at radius 1 is 1.11 bits per heavy atom. The van der Waals surface area contributed by atoms with E-state index in [1.54, 1.807) is 20.4 Å². The number of anilines is 1. The van der Waals surface area contributed by atoms with Crippen LogP contribution in [0, 0.1) is 0 Å². The molecule has 0 heterocycles. The van der Waals surface area contributed by atoms with E-state index >= 15 is 0 Å². The predicted octanol–water partition coefficient (Wildman–Crippen LogP) is 3.58. The van der Waals surface area contributed by atoms with Crippen molar-refractivity contribution >= 4 is 36.1 Å². The van der Waals surface area contributed by atoms with Crippen molar-refractivity contribution in [1.29, 1.82) is 0 Å². The SMILES string of the molecule is CCc1cc(Cl)ccc1/C=N/NC.CNc1ccccc1OC.O=CC=O. The van der Waals surface area contributed by atoms with Gasteiger partial charge in [-0.05, 0) is 41.8 Å². The molecule has 0 unspecified atom stereocenters. The fraction of sp³-hybridized carbons (Fsp3) is 0.250. The number of para-hydroxylation sites is 2. The van der Waals surface area contributed by atoms with Gasteiger partial charge in [0.25, 0.3) is 0 Å². The Kier molecular flexibility index (Phi) is 13.8. The maximum atomic E-state index is 8.81. The van der Waals surface area contributed by atoms with Crippen LogP contribution in [-0.4, -0.2) is 40.0 Å². The molecule has 2 aromatic carbocycles. The zero-order chi connectivity index (χ0) is 20.5. The number of ether oxygens (including phenoxy) is 1. The van der Waals surface area contributed by atoms with Crippen molar-refractivity contribution in [3.05, 3.63) is 58.6 Å². The zero-order valence-corrected chi connectivity index (χ0v) is 16.8. The van der Waals surface area contributed by atoms with Crippen LogP contribution in [0.15, 0.2) is 47.6 Å². The molecule has 27 heavy (non-hydrogen) atoms. The highest BCUT2D eigenvalue weighted by molar-refractivity contribution is 6.30. The number of carbonyl (C=O) groups excluding carboxylic acids is 2. The number of hydrogen-bond acceptors (Lipinski definition) is 6. The average Bonchev–Trinajstić information content (AvgIpc) is 2.73. The number of aryl methyl sites for hydroxylation is 1. The molecular formula is C20H26ClN3O3. The highest BCUT2D eigenvalue weighted by Crippen LogP contribution is 2.21. The van der Waals surface area contributed by atoms with Crippen LogP contribution >= 0.6 is 11.6 Å². The molecule has 0 fully saturated rings. The van der Waals surface area contributed by atoms with Gasteiger partial charge in [0.2, 0.25) is 0 Å². The smallest absolute Gasteiger partial charge is 0.182 e. The maximum absolute atomic E-state index is 8.81. The fourth-order valence-electron chi connectivity index (χ4n) is 1.99. The monoisotopic (exact) mass is 391 g/mol. The van der Waals surface area contributed by atoms with Crippen molar-refractivity contribution in [2.45, 2.75) is 13.3 Å². The highest BCUT2D eigenvalue weighted by atomic mass is 35.5. The van der Waals surface area contributed by atoms with Crippen molar-refractivity contribution < 1.29 is 14.3 Å². The number of carbonyl (C=O) groups is 2. The molecule has 0 radical (unpaired) electrons. The van der Waals surface area contributed by atoms with Gasteiger partial charge in [0.05, 0.1) is 19.0 Å². The molecule has 0 aliphatic heterocycles. The van der Waals surface area contributed by atoms with Gasteiger partial charge in [-0.1, -0.05) is 36.7 Å². The standard InChI is InChI=1S/C10H13ClN2.C8H11NO.C2H2O2/c1-3-8-6-10(11)5-4-9(8)7-13-12-2;1-9-7-5-3-4-6-8(7)10-2;3-1-2-4/h4-7,12H,3H2,1-2H3;3-6,9H,1-2H3;1-2H/b13-7+;;.